The molecule has 0 aliphatic carbocycles. The van der Waals surface area contributed by atoms with E-state index in [1.807, 2.05) is 0 Å². The molecule has 0 aliphatic rings. The Labute approximate surface area is 157 Å². The van der Waals surface area contributed by atoms with E-state index in [0.29, 0.717) is 0 Å². The van der Waals surface area contributed by atoms with Crippen molar-refractivity contribution in [1.29, 1.82) is 0 Å². The van der Waals surface area contributed by atoms with Crippen LogP contribution in [0.15, 0.2) is 73.0 Å². The zero-order valence-corrected chi connectivity index (χ0v) is 15.7. The van der Waals surface area contributed by atoms with Gasteiger partial charge < -0.3 is 5.21 Å². The van der Waals surface area contributed by atoms with Gasteiger partial charge in [-0.2, -0.15) is 0 Å². The van der Waals surface area contributed by atoms with Crippen LogP contribution < -0.4 is 4.90 Å². The average Bonchev–Trinajstić information content (AvgIpc) is 2.99. The summed E-state index contributed by atoms with van der Waals surface area (Å²) in [5.41, 5.74) is 0. The van der Waals surface area contributed by atoms with E-state index in [9.17, 15) is 22.0 Å². The van der Waals surface area contributed by atoms with Gasteiger partial charge in [-0.15, -0.1) is 0 Å². The highest BCUT2D eigenvalue weighted by Gasteiger charge is 2.42. The number of nitrogens with zero attached hydrogens (tertiary/aromatic N) is 2. The Bertz CT molecular complexity index is 1170. The Morgan fingerprint density at radius 3 is 1.69 bits per heavy atom. The molecule has 0 aliphatic heterocycles. The molecule has 0 saturated carbocycles. The van der Waals surface area contributed by atoms with Crippen molar-refractivity contribution in [2.45, 2.75) is 19.8 Å². The minimum atomic E-state index is -4.54. The van der Waals surface area contributed by atoms with Crippen LogP contribution in [0.25, 0.3) is 0 Å². The average molecular weight is 435 g/mol. The van der Waals surface area contributed by atoms with Crippen molar-refractivity contribution in [2.24, 2.45) is 0 Å². The van der Waals surface area contributed by atoms with E-state index in [1.165, 1.54) is 24.3 Å². The van der Waals surface area contributed by atoms with Crippen LogP contribution in [0.4, 0.5) is 0 Å². The van der Waals surface area contributed by atoms with Gasteiger partial charge in [0.2, 0.25) is 0 Å². The van der Waals surface area contributed by atoms with Gasteiger partial charge in [0, 0.05) is 10.0 Å². The van der Waals surface area contributed by atoms with Crippen molar-refractivity contribution in [1.82, 2.24) is 5.16 Å². The van der Waals surface area contributed by atoms with Gasteiger partial charge >= 0.3 is 10.1 Å². The second kappa shape index (κ2) is 6.54. The zero-order chi connectivity index (χ0) is 19.1. The van der Waals surface area contributed by atoms with E-state index in [2.05, 4.69) is 9.79 Å². The lowest BCUT2D eigenvalue weighted by Crippen LogP contribution is -2.31. The molecule has 0 N–H and O–H groups in total. The predicted molar refractivity (Wildman–Crippen MR) is 89.3 cm³/mol. The topological polar surface area (TPSA) is 121 Å². The van der Waals surface area contributed by atoms with Crippen LogP contribution in [-0.4, -0.2) is 22.0 Å². The van der Waals surface area contributed by atoms with E-state index in [-0.39, 0.29) is 19.8 Å². The van der Waals surface area contributed by atoms with Crippen LogP contribution in [0.2, 0.25) is 10.0 Å². The summed E-state index contributed by atoms with van der Waals surface area (Å²) in [6.07, 6.45) is 0. The first kappa shape index (κ1) is 18.6. The Kier molecular flexibility index (Phi) is 4.69. The maximum Gasteiger partial charge on any atom is 0.355 e. The fourth-order valence-electron chi connectivity index (χ4n) is 2.06. The van der Waals surface area contributed by atoms with Gasteiger partial charge in [0.25, 0.3) is 19.7 Å². The molecular weight excluding hydrogens is 427 g/mol. The molecule has 3 aromatic rings. The first-order chi connectivity index (χ1) is 12.1. The molecule has 2 aromatic carbocycles. The third-order valence-corrected chi connectivity index (χ3v) is 7.35. The smallest absolute Gasteiger partial charge is 0.355 e. The van der Waals surface area contributed by atoms with Gasteiger partial charge in [-0.1, -0.05) is 23.2 Å². The normalized spacial score (nSPS) is 12.2. The van der Waals surface area contributed by atoms with Crippen LogP contribution in [0.5, 0.6) is 0 Å². The Hall–Kier alpha value is -2.14. The standard InChI is InChI=1S/C14H8Cl2N2O6S2/c15-9-1-5-11(6-2-9)25(20,21)13-14(18(19)24-17-13)26(22,23)12-7-3-10(16)4-8-12/h1-8H. The molecule has 136 valence electrons. The van der Waals surface area contributed by atoms with Gasteiger partial charge in [0.05, 0.1) is 14.9 Å². The third kappa shape index (κ3) is 3.16. The van der Waals surface area contributed by atoms with Crippen molar-refractivity contribution < 1.29 is 26.4 Å². The number of benzene rings is 2. The Morgan fingerprint density at radius 1 is 0.808 bits per heavy atom. The molecule has 12 heteroatoms. The molecule has 8 nitrogen and oxygen atoms in total. The van der Waals surface area contributed by atoms with Crippen molar-refractivity contribution in [2.75, 3.05) is 0 Å². The largest absolute Gasteiger partial charge is 0.358 e. The fourth-order valence-corrected chi connectivity index (χ4v) is 5.33. The molecule has 0 amide bonds. The number of halogens is 2. The lowest BCUT2D eigenvalue weighted by molar-refractivity contribution is -0.832. The van der Waals surface area contributed by atoms with Gasteiger partial charge in [-0.3, -0.25) is 4.63 Å². The molecule has 0 fully saturated rings. The van der Waals surface area contributed by atoms with Crippen LogP contribution in [-0.2, 0) is 19.7 Å². The summed E-state index contributed by atoms with van der Waals surface area (Å²) in [4.78, 5) is -1.11. The number of aromatic nitrogens is 2. The third-order valence-electron chi connectivity index (χ3n) is 3.30. The van der Waals surface area contributed by atoms with E-state index in [0.717, 1.165) is 24.3 Å². The Balaban J connectivity index is 2.21. The predicted octanol–water partition coefficient (Wildman–Crippen LogP) is 2.28. The minimum absolute atomic E-state index is 0.262. The molecule has 0 saturated heterocycles. The molecule has 1 aromatic heterocycles. The van der Waals surface area contributed by atoms with Gasteiger partial charge in [0.15, 0.2) is 0 Å². The quantitative estimate of drug-likeness (QED) is 0.577. The number of sulfone groups is 2. The van der Waals surface area contributed by atoms with Crippen LogP contribution in [0.1, 0.15) is 0 Å². The molecule has 3 rings (SSSR count). The number of rotatable bonds is 4. The van der Waals surface area contributed by atoms with Crippen molar-refractivity contribution >= 4 is 42.9 Å². The van der Waals surface area contributed by atoms with Crippen molar-refractivity contribution in [3.05, 3.63) is 63.8 Å². The van der Waals surface area contributed by atoms with Crippen molar-refractivity contribution in [3.63, 3.8) is 0 Å². The Morgan fingerprint density at radius 2 is 1.23 bits per heavy atom. The van der Waals surface area contributed by atoms with Crippen LogP contribution in [0, 0.1) is 5.21 Å². The highest BCUT2D eigenvalue weighted by atomic mass is 35.5. The molecule has 26 heavy (non-hydrogen) atoms. The molecular formula is C14H8Cl2N2O6S2. The first-order valence-electron chi connectivity index (χ1n) is 6.75. The van der Waals surface area contributed by atoms with E-state index in [4.69, 9.17) is 23.2 Å². The van der Waals surface area contributed by atoms with Crippen molar-refractivity contribution in [3.8, 4) is 0 Å². The maximum absolute atomic E-state index is 12.7. The lowest BCUT2D eigenvalue weighted by atomic mass is 10.4. The minimum Gasteiger partial charge on any atom is -0.358 e. The number of hydrogen-bond acceptors (Lipinski definition) is 7. The van der Waals surface area contributed by atoms with Gasteiger partial charge in [-0.25, -0.2) is 16.8 Å². The van der Waals surface area contributed by atoms with E-state index >= 15 is 0 Å². The zero-order valence-electron chi connectivity index (χ0n) is 12.5. The molecule has 1 heterocycles. The summed E-state index contributed by atoms with van der Waals surface area (Å²) in [6.45, 7) is 0. The summed E-state index contributed by atoms with van der Waals surface area (Å²) in [5.74, 6) is 0. The van der Waals surface area contributed by atoms with Crippen LogP contribution >= 0.6 is 23.2 Å². The molecule has 0 spiro atoms. The van der Waals surface area contributed by atoms with Crippen LogP contribution in [0.3, 0.4) is 0 Å². The second-order valence-electron chi connectivity index (χ2n) is 4.96. The molecule has 0 unspecified atom stereocenters. The van der Waals surface area contributed by atoms with E-state index < -0.39 is 34.6 Å². The molecule has 0 radical (unpaired) electrons. The summed E-state index contributed by atoms with van der Waals surface area (Å²) in [7, 11) is -9.00. The summed E-state index contributed by atoms with van der Waals surface area (Å²) in [6, 6.07) is 9.72. The highest BCUT2D eigenvalue weighted by molar-refractivity contribution is 7.94. The fraction of sp³-hybridized carbons (Fsp3) is 0. The number of hydrogen-bond donors (Lipinski definition) is 0. The summed E-state index contributed by atoms with van der Waals surface area (Å²) in [5, 5.41) is 13.4. The maximum atomic E-state index is 12.7. The van der Waals surface area contributed by atoms with E-state index in [1.54, 1.807) is 0 Å². The molecule has 0 atom stereocenters. The van der Waals surface area contributed by atoms with Gasteiger partial charge in [0.1, 0.15) is 0 Å². The SMILES string of the molecule is O=S(=O)(c1ccc(Cl)cc1)c1no[n+]([O-])c1S(=O)(=O)c1ccc(Cl)cc1. The summed E-state index contributed by atoms with van der Waals surface area (Å²) < 4.78 is 55.1. The van der Waals surface area contributed by atoms with Gasteiger partial charge in [-0.05, 0) is 53.4 Å². The molecule has 0 bridgehead atoms. The lowest BCUT2D eigenvalue weighted by Gasteiger charge is -2.03. The first-order valence-corrected chi connectivity index (χ1v) is 10.5. The summed E-state index contributed by atoms with van der Waals surface area (Å²) >= 11 is 11.4. The second-order valence-corrected chi connectivity index (χ2v) is 9.56. The highest BCUT2D eigenvalue weighted by Crippen LogP contribution is 2.28. The monoisotopic (exact) mass is 434 g/mol.